The van der Waals surface area contributed by atoms with Gasteiger partial charge in [0.2, 0.25) is 0 Å². The average Bonchev–Trinajstić information content (AvgIpc) is 2.52. The Hall–Kier alpha value is -1.36. The van der Waals surface area contributed by atoms with Crippen LogP contribution in [0, 0.1) is 0 Å². The smallest absolute Gasteiger partial charge is 0.351 e. The van der Waals surface area contributed by atoms with E-state index in [1.54, 1.807) is 0 Å². The van der Waals surface area contributed by atoms with Crippen molar-refractivity contribution < 1.29 is 75.0 Å². The van der Waals surface area contributed by atoms with Crippen molar-refractivity contribution in [3.8, 4) is 0 Å². The maximum absolute atomic E-state index is 13.3. The van der Waals surface area contributed by atoms with Crippen LogP contribution in [0.4, 0.5) is 70.2 Å². The van der Waals surface area contributed by atoms with E-state index in [1.165, 1.54) is 0 Å². The van der Waals surface area contributed by atoms with Crippen molar-refractivity contribution in [1.29, 1.82) is 0 Å². The van der Waals surface area contributed by atoms with Gasteiger partial charge in [0.25, 0.3) is 5.91 Å². The second kappa shape index (κ2) is 7.36. The maximum atomic E-state index is 13.3. The fourth-order valence-electron chi connectivity index (χ4n) is 1.58. The summed E-state index contributed by atoms with van der Waals surface area (Å²) >= 11 is 3.37. The molecule has 30 heavy (non-hydrogen) atoms. The Bertz CT molecular complexity index is 654. The van der Waals surface area contributed by atoms with Gasteiger partial charge in [-0.3, -0.25) is 4.79 Å². The van der Waals surface area contributed by atoms with Gasteiger partial charge < -0.3 is 5.32 Å². The minimum absolute atomic E-state index is 0.696. The van der Waals surface area contributed by atoms with Gasteiger partial charge >= 0.3 is 46.8 Å². The van der Waals surface area contributed by atoms with E-state index in [-0.39, 0.29) is 0 Å². The van der Waals surface area contributed by atoms with Crippen LogP contribution in [-0.2, 0) is 4.79 Å². The Balaban J connectivity index is 6.73. The van der Waals surface area contributed by atoms with Crippen LogP contribution in [0.25, 0.3) is 0 Å². The third-order valence-corrected chi connectivity index (χ3v) is 3.58. The first-order valence-electron chi connectivity index (χ1n) is 6.73. The molecule has 0 unspecified atom stereocenters. The summed E-state index contributed by atoms with van der Waals surface area (Å²) in [7, 11) is 0. The van der Waals surface area contributed by atoms with Gasteiger partial charge in [-0.1, -0.05) is 0 Å². The Morgan fingerprint density at radius 3 is 1.13 bits per heavy atom. The quantitative estimate of drug-likeness (QED) is 0.329. The summed E-state index contributed by atoms with van der Waals surface area (Å²) < 4.78 is 209. The van der Waals surface area contributed by atoms with Gasteiger partial charge in [0.15, 0.2) is 0 Å². The Morgan fingerprint density at radius 2 is 0.867 bits per heavy atom. The van der Waals surface area contributed by atoms with Crippen molar-refractivity contribution in [2.45, 2.75) is 53.8 Å². The van der Waals surface area contributed by atoms with Crippen LogP contribution in [0.1, 0.15) is 6.92 Å². The van der Waals surface area contributed by atoms with Gasteiger partial charge in [-0.25, -0.2) is 0 Å². The van der Waals surface area contributed by atoms with Crippen LogP contribution in [0.2, 0.25) is 0 Å². The summed E-state index contributed by atoms with van der Waals surface area (Å²) in [5, 5.41) is -6.13. The van der Waals surface area contributed by atoms with Gasteiger partial charge in [0.05, 0.1) is 0 Å². The van der Waals surface area contributed by atoms with Crippen molar-refractivity contribution in [3.63, 3.8) is 0 Å². The average molecular weight is 508 g/mol. The number of carbonyl (C=O) groups is 1. The predicted octanol–water partition coefficient (Wildman–Crippen LogP) is 5.40. The molecule has 0 aliphatic rings. The third kappa shape index (κ3) is 3.51. The first-order valence-corrected chi connectivity index (χ1v) is 7.11. The molecule has 19 heteroatoms. The third-order valence-electron chi connectivity index (χ3n) is 3.34. The molecule has 0 aliphatic carbocycles. The Kier molecular flexibility index (Phi) is 7.02. The molecule has 0 aromatic carbocycles. The number of halogens is 17. The highest BCUT2D eigenvalue weighted by molar-refractivity contribution is 6.22. The molecule has 0 fully saturated rings. The number of amides is 1. The summed E-state index contributed by atoms with van der Waals surface area (Å²) in [4.78, 5) is 10.7. The topological polar surface area (TPSA) is 29.1 Å². The molecule has 180 valence electrons. The van der Waals surface area contributed by atoms with E-state index < -0.39 is 59.3 Å². The number of nitrogens with one attached hydrogen (secondary N) is 1. The molecular formula is C11H6ClF16NO. The molecule has 0 aliphatic heterocycles. The van der Waals surface area contributed by atoms with E-state index in [0.29, 0.717) is 12.2 Å². The number of alkyl halides is 17. The molecule has 0 bridgehead atoms. The summed E-state index contributed by atoms with van der Waals surface area (Å²) in [5.41, 5.74) is 0. The minimum atomic E-state index is -8.57. The fraction of sp³-hybridized carbons (Fsp3) is 0.909. The van der Waals surface area contributed by atoms with Crippen LogP contribution in [0.15, 0.2) is 0 Å². The second-order valence-corrected chi connectivity index (χ2v) is 5.85. The molecule has 0 rings (SSSR count). The maximum Gasteiger partial charge on any atom is 0.393 e. The molecule has 0 aromatic rings. The SMILES string of the molecule is CCNC(=O)C(F)(F)C(F)(F)C(F)(F)C(F)(F)C(F)(F)C(F)(F)C(F)(F)C(F)(F)Cl. The number of carbonyl (C=O) groups excluding carboxylic acids is 1. The highest BCUT2D eigenvalue weighted by Gasteiger charge is 2.95. The van der Waals surface area contributed by atoms with Crippen molar-refractivity contribution in [2.24, 2.45) is 0 Å². The van der Waals surface area contributed by atoms with Crippen molar-refractivity contribution in [2.75, 3.05) is 6.54 Å². The fourth-order valence-corrected chi connectivity index (χ4v) is 1.70. The van der Waals surface area contributed by atoms with Crippen LogP contribution in [-0.4, -0.2) is 59.3 Å². The molecule has 0 spiro atoms. The first kappa shape index (κ1) is 28.6. The summed E-state index contributed by atoms with van der Waals surface area (Å²) in [6, 6.07) is 0. The van der Waals surface area contributed by atoms with Crippen LogP contribution >= 0.6 is 11.6 Å². The molecule has 0 saturated carbocycles. The molecule has 2 nitrogen and oxygen atoms in total. The highest BCUT2D eigenvalue weighted by atomic mass is 35.5. The van der Waals surface area contributed by atoms with Gasteiger partial charge in [0.1, 0.15) is 0 Å². The lowest BCUT2D eigenvalue weighted by Crippen LogP contribution is -2.75. The predicted molar refractivity (Wildman–Crippen MR) is 64.1 cm³/mol. The molecular weight excluding hydrogens is 502 g/mol. The monoisotopic (exact) mass is 507 g/mol. The van der Waals surface area contributed by atoms with E-state index >= 15 is 0 Å². The zero-order valence-electron chi connectivity index (χ0n) is 13.5. The van der Waals surface area contributed by atoms with Crippen molar-refractivity contribution in [1.82, 2.24) is 5.32 Å². The van der Waals surface area contributed by atoms with Crippen molar-refractivity contribution >= 4 is 17.5 Å². The molecule has 0 atom stereocenters. The largest absolute Gasteiger partial charge is 0.393 e. The molecule has 1 N–H and O–H groups in total. The molecule has 0 saturated heterocycles. The highest BCUT2D eigenvalue weighted by Crippen LogP contribution is 2.64. The molecule has 0 aromatic heterocycles. The number of hydrogen-bond acceptors (Lipinski definition) is 1. The number of rotatable bonds is 9. The van der Waals surface area contributed by atoms with E-state index in [9.17, 15) is 75.0 Å². The normalized spacial score (nSPS) is 15.9. The van der Waals surface area contributed by atoms with Crippen molar-refractivity contribution in [3.05, 3.63) is 0 Å². The first-order chi connectivity index (χ1) is 12.7. The molecule has 0 radical (unpaired) electrons. The lowest BCUT2D eigenvalue weighted by atomic mass is 9.89. The zero-order valence-corrected chi connectivity index (χ0v) is 14.3. The van der Waals surface area contributed by atoms with Crippen LogP contribution in [0.3, 0.4) is 0 Å². The van der Waals surface area contributed by atoms with Crippen LogP contribution in [0.5, 0.6) is 0 Å². The Morgan fingerprint density at radius 1 is 0.600 bits per heavy atom. The number of hydrogen-bond donors (Lipinski definition) is 1. The van der Waals surface area contributed by atoms with Gasteiger partial charge in [-0.2, -0.15) is 70.2 Å². The minimum Gasteiger partial charge on any atom is -0.351 e. The van der Waals surface area contributed by atoms with E-state index in [0.717, 1.165) is 0 Å². The van der Waals surface area contributed by atoms with Gasteiger partial charge in [-0.05, 0) is 18.5 Å². The zero-order chi connectivity index (χ0) is 25.0. The molecule has 0 heterocycles. The second-order valence-electron chi connectivity index (χ2n) is 5.38. The summed E-state index contributed by atoms with van der Waals surface area (Å²) in [6.45, 7) is -0.348. The Labute approximate surface area is 159 Å². The van der Waals surface area contributed by atoms with Gasteiger partial charge in [0, 0.05) is 6.54 Å². The van der Waals surface area contributed by atoms with E-state index in [2.05, 4.69) is 11.6 Å². The van der Waals surface area contributed by atoms with Crippen LogP contribution < -0.4 is 5.32 Å². The molecule has 1 amide bonds. The lowest BCUT2D eigenvalue weighted by Gasteiger charge is -2.42. The summed E-state index contributed by atoms with van der Waals surface area (Å²) in [6.07, 6.45) is 0. The standard InChI is InChI=1S/C11H6ClF16NO/c1-2-29-3(30)4(13,14)5(15,16)6(17,18)7(19,20)8(21,22)9(23,24)10(25,26)11(12,27)28/h2H2,1H3,(H,29,30). The van der Waals surface area contributed by atoms with E-state index in [1.807, 2.05) is 0 Å². The van der Waals surface area contributed by atoms with E-state index in [4.69, 9.17) is 0 Å². The van der Waals surface area contributed by atoms with Gasteiger partial charge in [-0.15, -0.1) is 0 Å². The lowest BCUT2D eigenvalue weighted by molar-refractivity contribution is -0.446. The summed E-state index contributed by atoms with van der Waals surface area (Å²) in [5.74, 6) is -60.0.